The van der Waals surface area contributed by atoms with Crippen LogP contribution >= 0.6 is 0 Å². The maximum absolute atomic E-state index is 9.89. The molecule has 0 spiro atoms. The molecule has 1 heterocycles. The van der Waals surface area contributed by atoms with E-state index in [4.69, 9.17) is 5.73 Å². The van der Waals surface area contributed by atoms with Crippen LogP contribution in [0.3, 0.4) is 0 Å². The van der Waals surface area contributed by atoms with Gasteiger partial charge in [-0.3, -0.25) is 0 Å². The fraction of sp³-hybridized carbons (Fsp3) is 0.250. The summed E-state index contributed by atoms with van der Waals surface area (Å²) in [6, 6.07) is 14.5. The first-order valence-corrected chi connectivity index (χ1v) is 6.65. The van der Waals surface area contributed by atoms with Gasteiger partial charge in [-0.25, -0.2) is 0 Å². The second-order valence-electron chi connectivity index (χ2n) is 4.79. The van der Waals surface area contributed by atoms with E-state index in [0.29, 0.717) is 0 Å². The number of aliphatic hydroxyl groups excluding tert-OH is 1. The Hall–Kier alpha value is -1.84. The lowest BCUT2D eigenvalue weighted by atomic mass is 10.1. The van der Waals surface area contributed by atoms with Gasteiger partial charge >= 0.3 is 0 Å². The minimum atomic E-state index is -0.590. The van der Waals surface area contributed by atoms with Gasteiger partial charge in [0.05, 0.1) is 6.10 Å². The van der Waals surface area contributed by atoms with Crippen LogP contribution in [0.1, 0.15) is 18.6 Å². The summed E-state index contributed by atoms with van der Waals surface area (Å²) in [6.45, 7) is 3.33. The Morgan fingerprint density at radius 3 is 2.58 bits per heavy atom. The average Bonchev–Trinajstić information content (AvgIpc) is 2.79. The van der Waals surface area contributed by atoms with Crippen LogP contribution in [-0.2, 0) is 6.54 Å². The molecule has 3 aromatic rings. The number of hydrogen-bond acceptors (Lipinski definition) is 2. The van der Waals surface area contributed by atoms with E-state index >= 15 is 0 Å². The zero-order chi connectivity index (χ0) is 13.4. The van der Waals surface area contributed by atoms with Gasteiger partial charge in [0.25, 0.3) is 0 Å². The van der Waals surface area contributed by atoms with Crippen LogP contribution in [0.15, 0.2) is 42.5 Å². The summed E-state index contributed by atoms with van der Waals surface area (Å²) in [5, 5.41) is 12.3. The second kappa shape index (κ2) is 4.68. The molecule has 3 nitrogen and oxygen atoms in total. The average molecular weight is 254 g/mol. The van der Waals surface area contributed by atoms with E-state index in [-0.39, 0.29) is 6.54 Å². The molecule has 98 valence electrons. The Balaban J connectivity index is 2.36. The molecule has 19 heavy (non-hydrogen) atoms. The molecule has 0 amide bonds. The van der Waals surface area contributed by atoms with E-state index in [0.717, 1.165) is 12.1 Å². The van der Waals surface area contributed by atoms with E-state index in [1.165, 1.54) is 21.8 Å². The third-order valence-electron chi connectivity index (χ3n) is 3.72. The normalized spacial score (nSPS) is 13.2. The standard InChI is InChI=1S/C16H18N2O/c1-2-18-14-6-4-3-5-12(14)13-9-11(16(19)10-17)7-8-15(13)18/h3-9,16,19H,2,10,17H2,1H3. The molecule has 0 aliphatic heterocycles. The lowest BCUT2D eigenvalue weighted by molar-refractivity contribution is 0.187. The van der Waals surface area contributed by atoms with Gasteiger partial charge < -0.3 is 15.4 Å². The van der Waals surface area contributed by atoms with Crippen molar-refractivity contribution < 1.29 is 5.11 Å². The van der Waals surface area contributed by atoms with E-state index in [2.05, 4.69) is 41.8 Å². The minimum absolute atomic E-state index is 0.248. The lowest BCUT2D eigenvalue weighted by Crippen LogP contribution is -2.11. The SMILES string of the molecule is CCn1c2ccccc2c2cc(C(O)CN)ccc21. The molecular weight excluding hydrogens is 236 g/mol. The van der Waals surface area contributed by atoms with Gasteiger partial charge in [-0.15, -0.1) is 0 Å². The Morgan fingerprint density at radius 1 is 1.11 bits per heavy atom. The number of nitrogens with zero attached hydrogens (tertiary/aromatic N) is 1. The van der Waals surface area contributed by atoms with Gasteiger partial charge in [0.15, 0.2) is 0 Å². The number of nitrogens with two attached hydrogens (primary N) is 1. The second-order valence-corrected chi connectivity index (χ2v) is 4.79. The van der Waals surface area contributed by atoms with E-state index < -0.39 is 6.10 Å². The molecule has 3 rings (SSSR count). The predicted octanol–water partition coefficient (Wildman–Crippen LogP) is 2.81. The van der Waals surface area contributed by atoms with E-state index in [1.54, 1.807) is 0 Å². The quantitative estimate of drug-likeness (QED) is 0.755. The van der Waals surface area contributed by atoms with Crippen molar-refractivity contribution >= 4 is 21.8 Å². The number of aromatic nitrogens is 1. The molecule has 1 atom stereocenters. The molecule has 0 bridgehead atoms. The molecule has 0 aliphatic rings. The van der Waals surface area contributed by atoms with Crippen LogP contribution in [0.5, 0.6) is 0 Å². The van der Waals surface area contributed by atoms with Crippen molar-refractivity contribution in [3.05, 3.63) is 48.0 Å². The summed E-state index contributed by atoms with van der Waals surface area (Å²) >= 11 is 0. The molecule has 3 N–H and O–H groups in total. The van der Waals surface area contributed by atoms with Crippen molar-refractivity contribution in [3.63, 3.8) is 0 Å². The topological polar surface area (TPSA) is 51.2 Å². The van der Waals surface area contributed by atoms with Crippen molar-refractivity contribution in [2.45, 2.75) is 19.6 Å². The highest BCUT2D eigenvalue weighted by Gasteiger charge is 2.12. The van der Waals surface area contributed by atoms with Crippen LogP contribution < -0.4 is 5.73 Å². The fourth-order valence-corrected chi connectivity index (χ4v) is 2.76. The van der Waals surface area contributed by atoms with Gasteiger partial charge in [0.2, 0.25) is 0 Å². The molecule has 0 aliphatic carbocycles. The highest BCUT2D eigenvalue weighted by molar-refractivity contribution is 6.08. The van der Waals surface area contributed by atoms with Gasteiger partial charge in [-0.2, -0.15) is 0 Å². The lowest BCUT2D eigenvalue weighted by Gasteiger charge is -2.08. The first-order valence-electron chi connectivity index (χ1n) is 6.65. The first kappa shape index (κ1) is 12.2. The Kier molecular flexibility index (Phi) is 3.01. The van der Waals surface area contributed by atoms with Gasteiger partial charge in [-0.1, -0.05) is 24.3 Å². The molecule has 1 unspecified atom stereocenters. The number of fused-ring (bicyclic) bond motifs is 3. The zero-order valence-electron chi connectivity index (χ0n) is 11.0. The van der Waals surface area contributed by atoms with Gasteiger partial charge in [0, 0.05) is 34.9 Å². The molecule has 0 fully saturated rings. The highest BCUT2D eigenvalue weighted by Crippen LogP contribution is 2.30. The van der Waals surface area contributed by atoms with Crippen molar-refractivity contribution in [2.24, 2.45) is 5.73 Å². The number of hydrogen-bond donors (Lipinski definition) is 2. The molecule has 1 aromatic heterocycles. The Labute approximate surface area is 112 Å². The fourth-order valence-electron chi connectivity index (χ4n) is 2.76. The Morgan fingerprint density at radius 2 is 1.84 bits per heavy atom. The first-order chi connectivity index (χ1) is 9.26. The number of rotatable bonds is 3. The van der Waals surface area contributed by atoms with Crippen molar-refractivity contribution in [1.82, 2.24) is 4.57 Å². The minimum Gasteiger partial charge on any atom is -0.387 e. The summed E-state index contributed by atoms with van der Waals surface area (Å²) in [5.74, 6) is 0. The number of benzene rings is 2. The number of para-hydroxylation sites is 1. The highest BCUT2D eigenvalue weighted by atomic mass is 16.3. The molecule has 3 heteroatoms. The smallest absolute Gasteiger partial charge is 0.0912 e. The number of aliphatic hydroxyl groups is 1. The summed E-state index contributed by atoms with van der Waals surface area (Å²) in [6.07, 6.45) is -0.590. The molecule has 0 saturated heterocycles. The molecular formula is C16H18N2O. The third kappa shape index (κ3) is 1.82. The monoisotopic (exact) mass is 254 g/mol. The van der Waals surface area contributed by atoms with Crippen LogP contribution in [0.25, 0.3) is 21.8 Å². The van der Waals surface area contributed by atoms with Gasteiger partial charge in [-0.05, 0) is 30.7 Å². The van der Waals surface area contributed by atoms with Gasteiger partial charge in [0.1, 0.15) is 0 Å². The number of aryl methyl sites for hydroxylation is 1. The largest absolute Gasteiger partial charge is 0.387 e. The summed E-state index contributed by atoms with van der Waals surface area (Å²) < 4.78 is 2.29. The zero-order valence-corrected chi connectivity index (χ0v) is 11.0. The van der Waals surface area contributed by atoms with Crippen LogP contribution in [0, 0.1) is 0 Å². The van der Waals surface area contributed by atoms with Crippen LogP contribution in [0.2, 0.25) is 0 Å². The summed E-state index contributed by atoms with van der Waals surface area (Å²) in [5.41, 5.74) is 8.86. The third-order valence-corrected chi connectivity index (χ3v) is 3.72. The maximum atomic E-state index is 9.89. The van der Waals surface area contributed by atoms with Crippen LogP contribution in [-0.4, -0.2) is 16.2 Å². The van der Waals surface area contributed by atoms with Crippen molar-refractivity contribution in [1.29, 1.82) is 0 Å². The Bertz CT molecular complexity index is 730. The predicted molar refractivity (Wildman–Crippen MR) is 79.1 cm³/mol. The van der Waals surface area contributed by atoms with E-state index in [9.17, 15) is 5.11 Å². The maximum Gasteiger partial charge on any atom is 0.0912 e. The van der Waals surface area contributed by atoms with Crippen molar-refractivity contribution in [2.75, 3.05) is 6.54 Å². The van der Waals surface area contributed by atoms with E-state index in [1.807, 2.05) is 12.1 Å². The van der Waals surface area contributed by atoms with Crippen LogP contribution in [0.4, 0.5) is 0 Å². The molecule has 0 radical (unpaired) electrons. The summed E-state index contributed by atoms with van der Waals surface area (Å²) in [7, 11) is 0. The van der Waals surface area contributed by atoms with Crippen molar-refractivity contribution in [3.8, 4) is 0 Å². The molecule has 0 saturated carbocycles. The molecule has 2 aromatic carbocycles. The summed E-state index contributed by atoms with van der Waals surface area (Å²) in [4.78, 5) is 0.